The summed E-state index contributed by atoms with van der Waals surface area (Å²) < 4.78 is 68.3. The first-order valence-corrected chi connectivity index (χ1v) is 8.12. The van der Waals surface area contributed by atoms with Crippen LogP contribution in [0.3, 0.4) is 0 Å². The maximum absolute atomic E-state index is 12.3. The largest absolute Gasteiger partial charge is 0.480 e. The predicted octanol–water partition coefficient (Wildman–Crippen LogP) is 2.39. The maximum atomic E-state index is 12.3. The molecule has 2 aromatic rings. The van der Waals surface area contributed by atoms with Gasteiger partial charge >= 0.3 is 12.1 Å². The van der Waals surface area contributed by atoms with Crippen LogP contribution in [0.5, 0.6) is 5.88 Å². The van der Waals surface area contributed by atoms with E-state index in [1.165, 1.54) is 25.4 Å². The SMILES string of the molecule is COc1ncccc1NS(=O)(=O)c1ccc(NC(=O)C(F)(F)F)cc1. The van der Waals surface area contributed by atoms with Gasteiger partial charge in [0.15, 0.2) is 0 Å². The number of sulfonamides is 1. The summed E-state index contributed by atoms with van der Waals surface area (Å²) in [5, 5.41) is 1.62. The summed E-state index contributed by atoms with van der Waals surface area (Å²) >= 11 is 0. The van der Waals surface area contributed by atoms with Gasteiger partial charge in [0.2, 0.25) is 5.88 Å². The van der Waals surface area contributed by atoms with E-state index in [1.807, 2.05) is 0 Å². The van der Waals surface area contributed by atoms with Crippen LogP contribution < -0.4 is 14.8 Å². The summed E-state index contributed by atoms with van der Waals surface area (Å²) in [6, 6.07) is 7.11. The summed E-state index contributed by atoms with van der Waals surface area (Å²) in [7, 11) is -2.71. The minimum Gasteiger partial charge on any atom is -0.480 e. The standard InChI is InChI=1S/C14H12F3N3O4S/c1-24-12-11(3-2-8-18-12)20-25(22,23)10-6-4-9(5-7-10)19-13(21)14(15,16)17/h2-8,20H,1H3,(H,19,21). The highest BCUT2D eigenvalue weighted by Gasteiger charge is 2.38. The van der Waals surface area contributed by atoms with E-state index in [1.54, 1.807) is 5.32 Å². The molecule has 1 heterocycles. The highest BCUT2D eigenvalue weighted by atomic mass is 32.2. The third-order valence-corrected chi connectivity index (χ3v) is 4.27. The Morgan fingerprint density at radius 1 is 1.16 bits per heavy atom. The zero-order chi connectivity index (χ0) is 18.7. The van der Waals surface area contributed by atoms with Gasteiger partial charge in [-0.2, -0.15) is 13.2 Å². The monoisotopic (exact) mass is 375 g/mol. The first-order valence-electron chi connectivity index (χ1n) is 6.63. The van der Waals surface area contributed by atoms with E-state index in [0.29, 0.717) is 0 Å². The summed E-state index contributed by atoms with van der Waals surface area (Å²) in [6.45, 7) is 0. The van der Waals surface area contributed by atoms with Gasteiger partial charge in [-0.1, -0.05) is 0 Å². The Morgan fingerprint density at radius 2 is 1.80 bits per heavy atom. The van der Waals surface area contributed by atoms with E-state index in [-0.39, 0.29) is 22.2 Å². The molecule has 0 bridgehead atoms. The smallest absolute Gasteiger partial charge is 0.471 e. The summed E-state index contributed by atoms with van der Waals surface area (Å²) in [4.78, 5) is 14.5. The number of alkyl halides is 3. The number of carbonyl (C=O) groups excluding carboxylic acids is 1. The number of carbonyl (C=O) groups is 1. The van der Waals surface area contributed by atoms with Gasteiger partial charge in [0, 0.05) is 11.9 Å². The van der Waals surface area contributed by atoms with Crippen molar-refractivity contribution in [3.63, 3.8) is 0 Å². The molecule has 0 aliphatic rings. The summed E-state index contributed by atoms with van der Waals surface area (Å²) in [5.74, 6) is -2.10. The highest BCUT2D eigenvalue weighted by molar-refractivity contribution is 7.92. The van der Waals surface area contributed by atoms with Crippen molar-refractivity contribution in [2.24, 2.45) is 0 Å². The summed E-state index contributed by atoms with van der Waals surface area (Å²) in [6.07, 6.45) is -3.63. The molecule has 0 fully saturated rings. The molecule has 7 nitrogen and oxygen atoms in total. The number of methoxy groups -OCH3 is 1. The van der Waals surface area contributed by atoms with Gasteiger partial charge in [-0.05, 0) is 36.4 Å². The first-order chi connectivity index (χ1) is 11.6. The van der Waals surface area contributed by atoms with Crippen molar-refractivity contribution in [3.05, 3.63) is 42.6 Å². The molecule has 2 N–H and O–H groups in total. The molecule has 0 radical (unpaired) electrons. The predicted molar refractivity (Wildman–Crippen MR) is 82.7 cm³/mol. The molecule has 0 saturated heterocycles. The van der Waals surface area contributed by atoms with Crippen molar-refractivity contribution in [1.29, 1.82) is 0 Å². The first kappa shape index (κ1) is 18.5. The Morgan fingerprint density at radius 3 is 2.36 bits per heavy atom. The molecular weight excluding hydrogens is 363 g/mol. The van der Waals surface area contributed by atoms with E-state index in [4.69, 9.17) is 4.74 Å². The average molecular weight is 375 g/mol. The van der Waals surface area contributed by atoms with Crippen molar-refractivity contribution in [1.82, 2.24) is 4.98 Å². The van der Waals surface area contributed by atoms with Crippen LogP contribution in [-0.2, 0) is 14.8 Å². The van der Waals surface area contributed by atoms with Crippen LogP contribution in [-0.4, -0.2) is 32.6 Å². The fourth-order valence-corrected chi connectivity index (χ4v) is 2.81. The van der Waals surface area contributed by atoms with Crippen LogP contribution >= 0.6 is 0 Å². The van der Waals surface area contributed by atoms with E-state index in [0.717, 1.165) is 24.3 Å². The van der Waals surface area contributed by atoms with Gasteiger partial charge in [-0.15, -0.1) is 0 Å². The third kappa shape index (κ3) is 4.59. The Labute approximate surface area is 140 Å². The quantitative estimate of drug-likeness (QED) is 0.836. The number of halogens is 3. The lowest BCUT2D eigenvalue weighted by Crippen LogP contribution is -2.29. The second-order valence-electron chi connectivity index (χ2n) is 4.64. The molecule has 25 heavy (non-hydrogen) atoms. The van der Waals surface area contributed by atoms with E-state index in [2.05, 4.69) is 9.71 Å². The number of benzene rings is 1. The average Bonchev–Trinajstić information content (AvgIpc) is 2.54. The molecule has 1 aromatic carbocycles. The third-order valence-electron chi connectivity index (χ3n) is 2.89. The maximum Gasteiger partial charge on any atom is 0.471 e. The topological polar surface area (TPSA) is 97.4 Å². The van der Waals surface area contributed by atoms with Crippen LogP contribution in [0.4, 0.5) is 24.5 Å². The number of pyridine rings is 1. The lowest BCUT2D eigenvalue weighted by atomic mass is 10.3. The molecule has 0 spiro atoms. The number of nitrogens with zero attached hydrogens (tertiary/aromatic N) is 1. The second-order valence-corrected chi connectivity index (χ2v) is 6.32. The van der Waals surface area contributed by atoms with Gasteiger partial charge < -0.3 is 10.1 Å². The van der Waals surface area contributed by atoms with E-state index < -0.39 is 22.1 Å². The number of ether oxygens (including phenoxy) is 1. The molecular formula is C14H12F3N3O4S. The van der Waals surface area contributed by atoms with Crippen molar-refractivity contribution in [2.75, 3.05) is 17.1 Å². The van der Waals surface area contributed by atoms with Crippen LogP contribution in [0, 0.1) is 0 Å². The van der Waals surface area contributed by atoms with Crippen molar-refractivity contribution in [3.8, 4) is 5.88 Å². The lowest BCUT2D eigenvalue weighted by molar-refractivity contribution is -0.167. The molecule has 2 rings (SSSR count). The van der Waals surface area contributed by atoms with Gasteiger partial charge in [0.1, 0.15) is 5.69 Å². The van der Waals surface area contributed by atoms with Crippen molar-refractivity contribution in [2.45, 2.75) is 11.1 Å². The highest BCUT2D eigenvalue weighted by Crippen LogP contribution is 2.25. The molecule has 0 unspecified atom stereocenters. The van der Waals surface area contributed by atoms with Crippen LogP contribution in [0.15, 0.2) is 47.5 Å². The molecule has 0 atom stereocenters. The fourth-order valence-electron chi connectivity index (χ4n) is 1.75. The van der Waals surface area contributed by atoms with Gasteiger partial charge in [0.25, 0.3) is 10.0 Å². The molecule has 1 aromatic heterocycles. The zero-order valence-electron chi connectivity index (χ0n) is 12.7. The number of nitrogens with one attached hydrogen (secondary N) is 2. The fraction of sp³-hybridized carbons (Fsp3) is 0.143. The van der Waals surface area contributed by atoms with E-state index >= 15 is 0 Å². The van der Waals surface area contributed by atoms with Crippen molar-refractivity contribution < 1.29 is 31.1 Å². The molecule has 11 heteroatoms. The minimum atomic E-state index is -5.04. The number of rotatable bonds is 5. The normalized spacial score (nSPS) is 11.7. The van der Waals surface area contributed by atoms with Crippen LogP contribution in [0.2, 0.25) is 0 Å². The molecule has 134 valence electrons. The number of hydrogen-bond donors (Lipinski definition) is 2. The Kier molecular flexibility index (Phi) is 5.16. The molecule has 0 aliphatic heterocycles. The lowest BCUT2D eigenvalue weighted by Gasteiger charge is -2.11. The van der Waals surface area contributed by atoms with Gasteiger partial charge in [-0.3, -0.25) is 9.52 Å². The van der Waals surface area contributed by atoms with Gasteiger partial charge in [-0.25, -0.2) is 13.4 Å². The Balaban J connectivity index is 2.19. The minimum absolute atomic E-state index is 0.0557. The second kappa shape index (κ2) is 6.97. The molecule has 0 aliphatic carbocycles. The number of amides is 1. The van der Waals surface area contributed by atoms with Gasteiger partial charge in [0.05, 0.1) is 12.0 Å². The molecule has 0 saturated carbocycles. The number of hydrogen-bond acceptors (Lipinski definition) is 5. The number of anilines is 2. The van der Waals surface area contributed by atoms with Crippen LogP contribution in [0.1, 0.15) is 0 Å². The van der Waals surface area contributed by atoms with Crippen LogP contribution in [0.25, 0.3) is 0 Å². The van der Waals surface area contributed by atoms with Crippen molar-refractivity contribution >= 4 is 27.3 Å². The Bertz CT molecular complexity index is 868. The zero-order valence-corrected chi connectivity index (χ0v) is 13.5. The number of aromatic nitrogens is 1. The molecule has 1 amide bonds. The Hall–Kier alpha value is -2.82. The summed E-state index contributed by atoms with van der Waals surface area (Å²) in [5.41, 5.74) is -0.0975. The van der Waals surface area contributed by atoms with E-state index in [9.17, 15) is 26.4 Å².